The largest absolute Gasteiger partial charge is 0.494 e. The molecule has 0 aliphatic heterocycles. The Morgan fingerprint density at radius 3 is 2.82 bits per heavy atom. The summed E-state index contributed by atoms with van der Waals surface area (Å²) in [5.41, 5.74) is 1.87. The Morgan fingerprint density at radius 1 is 1.21 bits per heavy atom. The van der Waals surface area contributed by atoms with Gasteiger partial charge in [0.2, 0.25) is 0 Å². The number of thiophene rings is 1. The highest BCUT2D eigenvalue weighted by molar-refractivity contribution is 7.23. The van der Waals surface area contributed by atoms with Crippen molar-refractivity contribution >= 4 is 65.6 Å². The van der Waals surface area contributed by atoms with Gasteiger partial charge in [-0.2, -0.15) is 0 Å². The standard InChI is InChI=1S/C24H21ClN4O2S2/c1-15-8-9-17(31-2)20-21(15)33-24(27-20)29(12-5-11-28-13-10-26-14-28)23(30)22-19(25)16-6-3-4-7-18(16)32-22/h3-4,6-10,13-14H,5,11-12H2,1-2H3. The first-order chi connectivity index (χ1) is 16.1. The summed E-state index contributed by atoms with van der Waals surface area (Å²) in [7, 11) is 1.63. The van der Waals surface area contributed by atoms with Gasteiger partial charge in [0.05, 0.1) is 23.2 Å². The van der Waals surface area contributed by atoms with E-state index in [2.05, 4.69) is 4.98 Å². The minimum Gasteiger partial charge on any atom is -0.494 e. The van der Waals surface area contributed by atoms with Crippen LogP contribution in [-0.2, 0) is 6.54 Å². The van der Waals surface area contributed by atoms with Crippen molar-refractivity contribution in [2.45, 2.75) is 19.9 Å². The third-order valence-electron chi connectivity index (χ3n) is 5.47. The van der Waals surface area contributed by atoms with Gasteiger partial charge in [-0.15, -0.1) is 11.3 Å². The summed E-state index contributed by atoms with van der Waals surface area (Å²) in [4.78, 5) is 25.0. The van der Waals surface area contributed by atoms with E-state index in [0.29, 0.717) is 27.3 Å². The van der Waals surface area contributed by atoms with Gasteiger partial charge < -0.3 is 9.30 Å². The second kappa shape index (κ2) is 9.13. The summed E-state index contributed by atoms with van der Waals surface area (Å²) in [6.45, 7) is 3.29. The monoisotopic (exact) mass is 496 g/mol. The number of carbonyl (C=O) groups is 1. The first-order valence-electron chi connectivity index (χ1n) is 10.5. The number of imidazole rings is 1. The molecule has 0 unspecified atom stereocenters. The predicted octanol–water partition coefficient (Wildman–Crippen LogP) is 6.42. The molecule has 3 aromatic heterocycles. The molecule has 3 heterocycles. The Balaban J connectivity index is 1.55. The number of amides is 1. The van der Waals surface area contributed by atoms with Crippen LogP contribution < -0.4 is 9.64 Å². The molecule has 0 bridgehead atoms. The number of carbonyl (C=O) groups excluding carboxylic acids is 1. The average molecular weight is 497 g/mol. The van der Waals surface area contributed by atoms with Crippen LogP contribution in [0.4, 0.5) is 5.13 Å². The van der Waals surface area contributed by atoms with Crippen molar-refractivity contribution in [3.63, 3.8) is 0 Å². The first-order valence-corrected chi connectivity index (χ1v) is 12.5. The Hall–Kier alpha value is -2.94. The van der Waals surface area contributed by atoms with Crippen LogP contribution in [0.2, 0.25) is 5.02 Å². The SMILES string of the molecule is COc1ccc(C)c2sc(N(CCCn3ccnc3)C(=O)c3sc4ccccc4c3Cl)nc12. The third-order valence-corrected chi connectivity index (χ3v) is 8.35. The molecule has 168 valence electrons. The van der Waals surface area contributed by atoms with E-state index in [1.165, 1.54) is 22.7 Å². The zero-order chi connectivity index (χ0) is 22.9. The highest BCUT2D eigenvalue weighted by Gasteiger charge is 2.26. The zero-order valence-electron chi connectivity index (χ0n) is 18.1. The number of nitrogens with zero attached hydrogens (tertiary/aromatic N) is 4. The number of hydrogen-bond donors (Lipinski definition) is 0. The lowest BCUT2D eigenvalue weighted by Gasteiger charge is -2.19. The lowest BCUT2D eigenvalue weighted by Crippen LogP contribution is -2.32. The van der Waals surface area contributed by atoms with Gasteiger partial charge in [0.1, 0.15) is 16.1 Å². The van der Waals surface area contributed by atoms with Crippen molar-refractivity contribution in [1.82, 2.24) is 14.5 Å². The fourth-order valence-electron chi connectivity index (χ4n) is 3.77. The molecule has 6 nitrogen and oxygen atoms in total. The maximum atomic E-state index is 13.8. The topological polar surface area (TPSA) is 60.2 Å². The molecular weight excluding hydrogens is 476 g/mol. The normalized spacial score (nSPS) is 11.4. The van der Waals surface area contributed by atoms with Crippen molar-refractivity contribution in [2.24, 2.45) is 0 Å². The van der Waals surface area contributed by atoms with E-state index in [1.807, 2.05) is 54.1 Å². The van der Waals surface area contributed by atoms with Crippen molar-refractivity contribution in [3.05, 3.63) is 70.6 Å². The molecule has 0 N–H and O–H groups in total. The second-order valence-electron chi connectivity index (χ2n) is 7.61. The highest BCUT2D eigenvalue weighted by atomic mass is 35.5. The van der Waals surface area contributed by atoms with Crippen LogP contribution in [0.3, 0.4) is 0 Å². The Kier molecular flexibility index (Phi) is 6.05. The van der Waals surface area contributed by atoms with Crippen molar-refractivity contribution in [2.75, 3.05) is 18.6 Å². The molecule has 9 heteroatoms. The molecule has 0 spiro atoms. The van der Waals surface area contributed by atoms with Gasteiger partial charge in [0.25, 0.3) is 5.91 Å². The molecule has 0 aliphatic rings. The molecule has 0 atom stereocenters. The fraction of sp³-hybridized carbons (Fsp3) is 0.208. The summed E-state index contributed by atoms with van der Waals surface area (Å²) in [5, 5.41) is 2.03. The Morgan fingerprint density at radius 2 is 2.06 bits per heavy atom. The summed E-state index contributed by atoms with van der Waals surface area (Å²) in [6.07, 6.45) is 6.20. The van der Waals surface area contributed by atoms with Crippen LogP contribution in [0.15, 0.2) is 55.1 Å². The van der Waals surface area contributed by atoms with Gasteiger partial charge in [-0.25, -0.2) is 9.97 Å². The van der Waals surface area contributed by atoms with Gasteiger partial charge in [-0.05, 0) is 31.0 Å². The number of benzene rings is 2. The van der Waals surface area contributed by atoms with E-state index in [0.717, 1.165) is 38.8 Å². The molecule has 1 amide bonds. The maximum absolute atomic E-state index is 13.8. The Labute approximate surface area is 204 Å². The molecule has 5 rings (SSSR count). The van der Waals surface area contributed by atoms with E-state index >= 15 is 0 Å². The molecule has 2 aromatic carbocycles. The molecule has 0 radical (unpaired) electrons. The van der Waals surface area contributed by atoms with Crippen LogP contribution in [-0.4, -0.2) is 34.1 Å². The van der Waals surface area contributed by atoms with Gasteiger partial charge in [0, 0.05) is 35.6 Å². The molecule has 0 aliphatic carbocycles. The van der Waals surface area contributed by atoms with Gasteiger partial charge >= 0.3 is 0 Å². The number of methoxy groups -OCH3 is 1. The van der Waals surface area contributed by atoms with E-state index in [9.17, 15) is 4.79 Å². The van der Waals surface area contributed by atoms with Gasteiger partial charge in [-0.1, -0.05) is 47.2 Å². The van der Waals surface area contributed by atoms with Gasteiger partial charge in [0.15, 0.2) is 5.13 Å². The van der Waals surface area contributed by atoms with Crippen molar-refractivity contribution < 1.29 is 9.53 Å². The summed E-state index contributed by atoms with van der Waals surface area (Å²) in [6, 6.07) is 11.7. The summed E-state index contributed by atoms with van der Waals surface area (Å²) >= 11 is 9.58. The molecule has 0 saturated carbocycles. The minimum atomic E-state index is -0.137. The average Bonchev–Trinajstić information content (AvgIpc) is 3.57. The molecule has 0 fully saturated rings. The Bertz CT molecular complexity index is 1440. The van der Waals surface area contributed by atoms with Crippen molar-refractivity contribution in [3.8, 4) is 5.75 Å². The van der Waals surface area contributed by atoms with E-state index in [1.54, 1.807) is 24.5 Å². The number of aryl methyl sites for hydroxylation is 2. The molecule has 5 aromatic rings. The number of halogens is 1. The van der Waals surface area contributed by atoms with Crippen LogP contribution in [0.25, 0.3) is 20.3 Å². The number of aromatic nitrogens is 3. The maximum Gasteiger partial charge on any atom is 0.271 e. The van der Waals surface area contributed by atoms with Crippen LogP contribution >= 0.6 is 34.3 Å². The van der Waals surface area contributed by atoms with Crippen LogP contribution in [0.5, 0.6) is 5.75 Å². The van der Waals surface area contributed by atoms with E-state index in [4.69, 9.17) is 21.3 Å². The van der Waals surface area contributed by atoms with Crippen molar-refractivity contribution in [1.29, 1.82) is 0 Å². The molecule has 33 heavy (non-hydrogen) atoms. The molecular formula is C24H21ClN4O2S2. The lowest BCUT2D eigenvalue weighted by atomic mass is 10.2. The lowest BCUT2D eigenvalue weighted by molar-refractivity contribution is 0.0990. The number of anilines is 1. The summed E-state index contributed by atoms with van der Waals surface area (Å²) < 4.78 is 9.53. The predicted molar refractivity (Wildman–Crippen MR) is 136 cm³/mol. The highest BCUT2D eigenvalue weighted by Crippen LogP contribution is 2.40. The zero-order valence-corrected chi connectivity index (χ0v) is 20.5. The number of rotatable bonds is 7. The smallest absolute Gasteiger partial charge is 0.271 e. The third kappa shape index (κ3) is 4.10. The molecule has 0 saturated heterocycles. The van der Waals surface area contributed by atoms with Crippen LogP contribution in [0.1, 0.15) is 21.7 Å². The van der Waals surface area contributed by atoms with E-state index in [-0.39, 0.29) is 5.91 Å². The number of thiazole rings is 1. The van der Waals surface area contributed by atoms with Gasteiger partial charge in [-0.3, -0.25) is 9.69 Å². The second-order valence-corrected chi connectivity index (χ2v) is 10.0. The summed E-state index contributed by atoms with van der Waals surface area (Å²) in [5.74, 6) is 0.561. The number of ether oxygens (including phenoxy) is 1. The van der Waals surface area contributed by atoms with E-state index < -0.39 is 0 Å². The first kappa shape index (κ1) is 21.9. The number of hydrogen-bond acceptors (Lipinski definition) is 6. The fourth-order valence-corrected chi connectivity index (χ4v) is 6.30. The minimum absolute atomic E-state index is 0.137. The van der Waals surface area contributed by atoms with Crippen LogP contribution in [0, 0.1) is 6.92 Å². The quantitative estimate of drug-likeness (QED) is 0.261. The number of fused-ring (bicyclic) bond motifs is 2.